The number of benzene rings is 1. The smallest absolute Gasteiger partial charge is 0.354 e. The van der Waals surface area contributed by atoms with E-state index in [1.54, 1.807) is 0 Å². The Balaban J connectivity index is 1.52. The van der Waals surface area contributed by atoms with Gasteiger partial charge in [0.15, 0.2) is 5.70 Å². The molecule has 0 aliphatic carbocycles. The average molecular weight is 396 g/mol. The van der Waals surface area contributed by atoms with Crippen LogP contribution in [-0.4, -0.2) is 43.9 Å². The van der Waals surface area contributed by atoms with Crippen LogP contribution in [0.15, 0.2) is 34.2 Å². The number of fused-ring (bicyclic) bond motifs is 1. The van der Waals surface area contributed by atoms with Crippen molar-refractivity contribution in [2.45, 2.75) is 18.4 Å². The van der Waals surface area contributed by atoms with Crippen LogP contribution in [0.4, 0.5) is 5.69 Å². The topological polar surface area (TPSA) is 127 Å². The van der Waals surface area contributed by atoms with Crippen LogP contribution in [0.1, 0.15) is 12.0 Å². The van der Waals surface area contributed by atoms with Crippen molar-refractivity contribution in [3.63, 3.8) is 0 Å². The molecule has 1 fully saturated rings. The first kappa shape index (κ1) is 18.3. The lowest BCUT2D eigenvalue weighted by Gasteiger charge is -2.33. The van der Waals surface area contributed by atoms with Gasteiger partial charge < -0.3 is 9.84 Å². The van der Waals surface area contributed by atoms with Gasteiger partial charge in [-0.2, -0.15) is 0 Å². The number of nitro groups is 1. The molecular weight excluding hydrogens is 384 g/mol. The second kappa shape index (κ2) is 7.38. The second-order valence-electron chi connectivity index (χ2n) is 5.35. The predicted octanol–water partition coefficient (Wildman–Crippen LogP) is 1.93. The molecule has 0 bridgehead atoms. The highest BCUT2D eigenvalue weighted by atomic mass is 32.2. The van der Waals surface area contributed by atoms with E-state index in [1.807, 2.05) is 0 Å². The minimum absolute atomic E-state index is 0.0391. The Morgan fingerprint density at radius 1 is 1.38 bits per heavy atom. The zero-order valence-corrected chi connectivity index (χ0v) is 14.7. The highest BCUT2D eigenvalue weighted by molar-refractivity contribution is 8.23. The number of hydrogen-bond donors (Lipinski definition) is 1. The maximum Gasteiger partial charge on any atom is 0.354 e. The molecule has 1 atom stereocenters. The van der Waals surface area contributed by atoms with Gasteiger partial charge in [-0.1, -0.05) is 11.8 Å². The van der Waals surface area contributed by atoms with Crippen molar-refractivity contribution in [2.75, 3.05) is 5.75 Å². The van der Waals surface area contributed by atoms with Crippen LogP contribution in [0.25, 0.3) is 0 Å². The van der Waals surface area contributed by atoms with Crippen molar-refractivity contribution >= 4 is 47.1 Å². The van der Waals surface area contributed by atoms with Crippen LogP contribution in [0, 0.1) is 10.1 Å². The van der Waals surface area contributed by atoms with Crippen molar-refractivity contribution in [1.82, 2.24) is 4.90 Å². The maximum atomic E-state index is 11.9. The first-order chi connectivity index (χ1) is 12.4. The zero-order chi connectivity index (χ0) is 18.8. The molecular formula is C15H12N2O7S2. The number of nitro benzene ring substituents is 1. The van der Waals surface area contributed by atoms with Gasteiger partial charge in [-0.05, 0) is 17.7 Å². The number of carboxylic acid groups (broad SMARTS) is 1. The number of hydrogen-bond acceptors (Lipinski definition) is 8. The molecule has 1 aromatic rings. The Hall–Kier alpha value is -2.53. The molecule has 1 saturated heterocycles. The predicted molar refractivity (Wildman–Crippen MR) is 92.9 cm³/mol. The number of aliphatic carboxylic acids is 1. The lowest BCUT2D eigenvalue weighted by atomic mass is 10.2. The average Bonchev–Trinajstić information content (AvgIpc) is 2.90. The Morgan fingerprint density at radius 2 is 2.08 bits per heavy atom. The van der Waals surface area contributed by atoms with E-state index in [4.69, 9.17) is 4.74 Å². The van der Waals surface area contributed by atoms with E-state index >= 15 is 0 Å². The molecule has 1 N–H and O–H groups in total. The number of carboxylic acids is 1. The Bertz CT molecular complexity index is 822. The lowest BCUT2D eigenvalue weighted by Crippen LogP contribution is -2.48. The van der Waals surface area contributed by atoms with E-state index in [0.29, 0.717) is 9.80 Å². The first-order valence-corrected chi connectivity index (χ1v) is 9.21. The van der Waals surface area contributed by atoms with Gasteiger partial charge in [-0.3, -0.25) is 24.6 Å². The summed E-state index contributed by atoms with van der Waals surface area (Å²) < 4.78 is 5.50. The highest BCUT2D eigenvalue weighted by Crippen LogP contribution is 2.50. The monoisotopic (exact) mass is 396 g/mol. The van der Waals surface area contributed by atoms with Gasteiger partial charge in [0, 0.05) is 12.1 Å². The van der Waals surface area contributed by atoms with Crippen LogP contribution >= 0.6 is 23.5 Å². The van der Waals surface area contributed by atoms with Gasteiger partial charge >= 0.3 is 11.9 Å². The molecule has 0 saturated carbocycles. The fourth-order valence-electron chi connectivity index (χ4n) is 2.36. The van der Waals surface area contributed by atoms with Gasteiger partial charge in [0.1, 0.15) is 6.61 Å². The van der Waals surface area contributed by atoms with Crippen LogP contribution in [0.2, 0.25) is 0 Å². The fraction of sp³-hybridized carbons (Fsp3) is 0.267. The molecule has 0 spiro atoms. The molecule has 136 valence electrons. The number of thioether (sulfide) groups is 2. The Morgan fingerprint density at radius 3 is 2.65 bits per heavy atom. The molecule has 2 aliphatic rings. The molecule has 9 nitrogen and oxygen atoms in total. The molecule has 0 aromatic heterocycles. The van der Waals surface area contributed by atoms with E-state index in [2.05, 4.69) is 0 Å². The highest BCUT2D eigenvalue weighted by Gasteiger charge is 2.48. The van der Waals surface area contributed by atoms with Crippen molar-refractivity contribution in [2.24, 2.45) is 0 Å². The molecule has 0 radical (unpaired) electrons. The number of carbonyl (C=O) groups is 3. The summed E-state index contributed by atoms with van der Waals surface area (Å²) in [5, 5.41) is 19.6. The van der Waals surface area contributed by atoms with E-state index in [1.165, 1.54) is 40.9 Å². The fourth-order valence-corrected chi connectivity index (χ4v) is 4.90. The summed E-state index contributed by atoms with van der Waals surface area (Å²) in [6.45, 7) is -0.0391. The number of esters is 1. The summed E-state index contributed by atoms with van der Waals surface area (Å²) in [5.74, 6) is -2.08. The third-order valence-electron chi connectivity index (χ3n) is 3.65. The van der Waals surface area contributed by atoms with Crippen LogP contribution < -0.4 is 0 Å². The van der Waals surface area contributed by atoms with Gasteiger partial charge in [-0.15, -0.1) is 11.8 Å². The number of non-ortho nitro benzene ring substituents is 1. The molecule has 2 heterocycles. The summed E-state index contributed by atoms with van der Waals surface area (Å²) >= 11 is 2.28. The third-order valence-corrected chi connectivity index (χ3v) is 6.19. The molecule has 26 heavy (non-hydrogen) atoms. The lowest BCUT2D eigenvalue weighted by molar-refractivity contribution is -0.384. The molecule has 11 heteroatoms. The summed E-state index contributed by atoms with van der Waals surface area (Å²) in [7, 11) is 0. The zero-order valence-electron chi connectivity index (χ0n) is 13.1. The molecule has 1 amide bonds. The van der Waals surface area contributed by atoms with Crippen LogP contribution in [0.3, 0.4) is 0 Å². The summed E-state index contributed by atoms with van der Waals surface area (Å²) in [6, 6.07) is 5.62. The van der Waals surface area contributed by atoms with E-state index in [0.717, 1.165) is 11.8 Å². The Labute approximate surface area is 155 Å². The number of rotatable bonds is 7. The van der Waals surface area contributed by atoms with E-state index < -0.39 is 16.9 Å². The molecule has 1 aromatic carbocycles. The van der Waals surface area contributed by atoms with Crippen molar-refractivity contribution in [3.05, 3.63) is 49.9 Å². The number of amides is 1. The van der Waals surface area contributed by atoms with Crippen molar-refractivity contribution in [1.29, 1.82) is 0 Å². The summed E-state index contributed by atoms with van der Waals surface area (Å²) in [6.07, 6.45) is 0.288. The Kier molecular flexibility index (Phi) is 5.18. The quantitative estimate of drug-likeness (QED) is 0.318. The number of nitrogens with zero attached hydrogens (tertiary/aromatic N) is 2. The first-order valence-electron chi connectivity index (χ1n) is 7.35. The second-order valence-corrected chi connectivity index (χ2v) is 7.79. The van der Waals surface area contributed by atoms with Crippen molar-refractivity contribution in [3.8, 4) is 0 Å². The molecule has 2 aliphatic heterocycles. The van der Waals surface area contributed by atoms with Gasteiger partial charge in [0.05, 0.1) is 26.7 Å². The van der Waals surface area contributed by atoms with Gasteiger partial charge in [-0.25, -0.2) is 4.79 Å². The normalized spacial score (nSPS) is 18.4. The number of carbonyl (C=O) groups excluding carboxylic acids is 2. The minimum Gasteiger partial charge on any atom is -0.477 e. The third kappa shape index (κ3) is 3.68. The summed E-state index contributed by atoms with van der Waals surface area (Å²) in [5.41, 5.74) is 0.468. The molecule has 3 rings (SSSR count). The van der Waals surface area contributed by atoms with E-state index in [9.17, 15) is 29.6 Å². The summed E-state index contributed by atoms with van der Waals surface area (Å²) in [4.78, 5) is 46.0. The van der Waals surface area contributed by atoms with Crippen LogP contribution in [-0.2, 0) is 25.7 Å². The number of ether oxygens (including phenoxy) is 1. The largest absolute Gasteiger partial charge is 0.477 e. The maximum absolute atomic E-state index is 11.9. The number of β-lactam (4-membered cyclic amide) rings is 1. The SMILES string of the molecule is O=C(CSC1=C(C(=O)O)N2C(=O)C[C@@H]2S1)OCc1ccc([N+](=O)[O-])cc1. The van der Waals surface area contributed by atoms with E-state index in [-0.39, 0.29) is 41.4 Å². The minimum atomic E-state index is -1.20. The van der Waals surface area contributed by atoms with Crippen molar-refractivity contribution < 1.29 is 29.2 Å². The molecule has 0 unspecified atom stereocenters. The van der Waals surface area contributed by atoms with Gasteiger partial charge in [0.25, 0.3) is 5.69 Å². The standard InChI is InChI=1S/C15H12N2O7S2/c18-10-5-11-16(10)13(14(20)21)15(26-11)25-7-12(19)24-6-8-1-3-9(4-2-8)17(22)23/h1-4,11H,5-7H2,(H,20,21)/t11-/m0/s1. The van der Waals surface area contributed by atoms with Gasteiger partial charge in [0.2, 0.25) is 5.91 Å². The van der Waals surface area contributed by atoms with Crippen LogP contribution in [0.5, 0.6) is 0 Å².